The number of rotatable bonds is 9. The van der Waals surface area contributed by atoms with Crippen molar-refractivity contribution in [3.05, 3.63) is 0 Å². The molecule has 0 heterocycles. The van der Waals surface area contributed by atoms with Crippen molar-refractivity contribution >= 4 is 5.97 Å². The molecule has 0 saturated carbocycles. The lowest BCUT2D eigenvalue weighted by molar-refractivity contribution is -0.140. The normalized spacial score (nSPS) is 15.1. The van der Waals surface area contributed by atoms with E-state index in [0.717, 1.165) is 25.9 Å². The molecule has 0 rings (SSSR count). The molecule has 0 aliphatic carbocycles. The zero-order chi connectivity index (χ0) is 12.6. The number of hydrogen-bond acceptors (Lipinski definition) is 2. The summed E-state index contributed by atoms with van der Waals surface area (Å²) in [7, 11) is 0. The second kappa shape index (κ2) is 7.66. The highest BCUT2D eigenvalue weighted by atomic mass is 16.4. The van der Waals surface area contributed by atoms with Gasteiger partial charge in [0.1, 0.15) is 0 Å². The monoisotopic (exact) mass is 229 g/mol. The fourth-order valence-corrected chi connectivity index (χ4v) is 2.43. The molecule has 0 fully saturated rings. The van der Waals surface area contributed by atoms with Crippen molar-refractivity contribution < 1.29 is 9.90 Å². The molecule has 0 saturated heterocycles. The first-order valence-electron chi connectivity index (χ1n) is 6.47. The third-order valence-corrected chi connectivity index (χ3v) is 3.38. The van der Waals surface area contributed by atoms with Crippen LogP contribution in [-0.2, 0) is 4.79 Å². The predicted octanol–water partition coefficient (Wildman–Crippen LogP) is 3.14. The molecule has 1 atom stereocenters. The predicted molar refractivity (Wildman–Crippen MR) is 67.7 cm³/mol. The fourth-order valence-electron chi connectivity index (χ4n) is 2.43. The van der Waals surface area contributed by atoms with Crippen molar-refractivity contribution in [2.75, 3.05) is 13.1 Å². The van der Waals surface area contributed by atoms with Gasteiger partial charge >= 0.3 is 5.97 Å². The topological polar surface area (TPSA) is 40.5 Å². The second-order valence-corrected chi connectivity index (χ2v) is 4.70. The van der Waals surface area contributed by atoms with Crippen LogP contribution in [0, 0.1) is 0 Å². The van der Waals surface area contributed by atoms with Crippen LogP contribution in [0.5, 0.6) is 0 Å². The van der Waals surface area contributed by atoms with Crippen LogP contribution in [-0.4, -0.2) is 34.6 Å². The zero-order valence-electron chi connectivity index (χ0n) is 11.3. The standard InChI is InChI=1S/C13H27NO2/c1-5-8-9-10-13(4,11-12(15)16)14(6-2)7-3/h5-11H2,1-4H3,(H,15,16). The summed E-state index contributed by atoms with van der Waals surface area (Å²) in [5.74, 6) is -0.689. The van der Waals surface area contributed by atoms with Gasteiger partial charge in [0, 0.05) is 5.54 Å². The van der Waals surface area contributed by atoms with Crippen LogP contribution in [0.3, 0.4) is 0 Å². The van der Waals surface area contributed by atoms with Crippen LogP contribution >= 0.6 is 0 Å². The molecule has 0 aromatic heterocycles. The van der Waals surface area contributed by atoms with Gasteiger partial charge in [-0.25, -0.2) is 0 Å². The maximum atomic E-state index is 11.0. The molecule has 0 spiro atoms. The van der Waals surface area contributed by atoms with Gasteiger partial charge in [0.25, 0.3) is 0 Å². The van der Waals surface area contributed by atoms with E-state index in [-0.39, 0.29) is 12.0 Å². The number of carbonyl (C=O) groups is 1. The molecule has 0 aromatic carbocycles. The molecule has 0 bridgehead atoms. The van der Waals surface area contributed by atoms with Crippen LogP contribution in [0.1, 0.15) is 59.8 Å². The number of carboxylic acids is 1. The molecule has 1 unspecified atom stereocenters. The van der Waals surface area contributed by atoms with Crippen LogP contribution in [0.15, 0.2) is 0 Å². The number of unbranched alkanes of at least 4 members (excludes halogenated alkanes) is 2. The summed E-state index contributed by atoms with van der Waals surface area (Å²) in [6.07, 6.45) is 4.72. The van der Waals surface area contributed by atoms with Gasteiger partial charge in [-0.2, -0.15) is 0 Å². The van der Waals surface area contributed by atoms with Gasteiger partial charge < -0.3 is 5.11 Å². The summed E-state index contributed by atoms with van der Waals surface area (Å²) in [5.41, 5.74) is -0.176. The summed E-state index contributed by atoms with van der Waals surface area (Å²) in [6, 6.07) is 0. The number of hydrogen-bond donors (Lipinski definition) is 1. The lowest BCUT2D eigenvalue weighted by Gasteiger charge is -2.39. The van der Waals surface area contributed by atoms with Crippen LogP contribution in [0.2, 0.25) is 0 Å². The molecule has 0 radical (unpaired) electrons. The summed E-state index contributed by atoms with van der Waals surface area (Å²) in [5, 5.41) is 9.02. The summed E-state index contributed by atoms with van der Waals surface area (Å²) in [4.78, 5) is 13.2. The average molecular weight is 229 g/mol. The minimum absolute atomic E-state index is 0.176. The van der Waals surface area contributed by atoms with Gasteiger partial charge in [-0.05, 0) is 26.4 Å². The van der Waals surface area contributed by atoms with E-state index in [0.29, 0.717) is 0 Å². The average Bonchev–Trinajstić information content (AvgIpc) is 2.18. The Kier molecular flexibility index (Phi) is 7.39. The number of carboxylic acid groups (broad SMARTS) is 1. The van der Waals surface area contributed by atoms with E-state index in [9.17, 15) is 4.79 Å². The van der Waals surface area contributed by atoms with Crippen molar-refractivity contribution in [2.24, 2.45) is 0 Å². The molecular formula is C13H27NO2. The maximum absolute atomic E-state index is 11.0. The SMILES string of the molecule is CCCCCC(C)(CC(=O)O)N(CC)CC. The van der Waals surface area contributed by atoms with E-state index in [4.69, 9.17) is 5.11 Å². The van der Waals surface area contributed by atoms with Gasteiger partial charge in [0.15, 0.2) is 0 Å². The molecule has 0 aliphatic rings. The Hall–Kier alpha value is -0.570. The molecule has 0 aromatic rings. The van der Waals surface area contributed by atoms with E-state index in [2.05, 4.69) is 32.6 Å². The third-order valence-electron chi connectivity index (χ3n) is 3.38. The molecule has 0 aliphatic heterocycles. The summed E-state index contributed by atoms with van der Waals surface area (Å²) < 4.78 is 0. The molecule has 1 N–H and O–H groups in total. The molecular weight excluding hydrogens is 202 g/mol. The van der Waals surface area contributed by atoms with Crippen molar-refractivity contribution in [2.45, 2.75) is 65.3 Å². The first-order chi connectivity index (χ1) is 7.50. The number of nitrogens with zero attached hydrogens (tertiary/aromatic N) is 1. The van der Waals surface area contributed by atoms with Gasteiger partial charge in [-0.3, -0.25) is 9.69 Å². The highest BCUT2D eigenvalue weighted by Gasteiger charge is 2.31. The molecule has 3 nitrogen and oxygen atoms in total. The Bertz CT molecular complexity index is 202. The third kappa shape index (κ3) is 4.97. The van der Waals surface area contributed by atoms with Crippen molar-refractivity contribution in [1.29, 1.82) is 0 Å². The van der Waals surface area contributed by atoms with E-state index in [1.165, 1.54) is 12.8 Å². The quantitative estimate of drug-likeness (QED) is 0.617. The minimum Gasteiger partial charge on any atom is -0.481 e. The van der Waals surface area contributed by atoms with Crippen molar-refractivity contribution in [3.8, 4) is 0 Å². The lowest BCUT2D eigenvalue weighted by atomic mass is 9.88. The van der Waals surface area contributed by atoms with Gasteiger partial charge in [0.05, 0.1) is 6.42 Å². The first kappa shape index (κ1) is 15.4. The Labute approximate surface area is 99.8 Å². The molecule has 0 amide bonds. The Morgan fingerprint density at radius 2 is 1.75 bits per heavy atom. The van der Waals surface area contributed by atoms with Crippen LogP contribution in [0.4, 0.5) is 0 Å². The highest BCUT2D eigenvalue weighted by molar-refractivity contribution is 5.68. The summed E-state index contributed by atoms with van der Waals surface area (Å²) >= 11 is 0. The van der Waals surface area contributed by atoms with Crippen molar-refractivity contribution in [3.63, 3.8) is 0 Å². The Balaban J connectivity index is 4.51. The van der Waals surface area contributed by atoms with Gasteiger partial charge in [0.2, 0.25) is 0 Å². The first-order valence-corrected chi connectivity index (χ1v) is 6.47. The van der Waals surface area contributed by atoms with E-state index < -0.39 is 5.97 Å². The maximum Gasteiger partial charge on any atom is 0.305 e. The Morgan fingerprint density at radius 3 is 2.12 bits per heavy atom. The largest absolute Gasteiger partial charge is 0.481 e. The molecule has 3 heteroatoms. The highest BCUT2D eigenvalue weighted by Crippen LogP contribution is 2.26. The molecule has 16 heavy (non-hydrogen) atoms. The fraction of sp³-hybridized carbons (Fsp3) is 0.923. The smallest absolute Gasteiger partial charge is 0.305 e. The Morgan fingerprint density at radius 1 is 1.19 bits per heavy atom. The molecule has 96 valence electrons. The van der Waals surface area contributed by atoms with Crippen LogP contribution < -0.4 is 0 Å². The summed E-state index contributed by atoms with van der Waals surface area (Å²) in [6.45, 7) is 10.3. The minimum atomic E-state index is -0.689. The van der Waals surface area contributed by atoms with Gasteiger partial charge in [-0.15, -0.1) is 0 Å². The zero-order valence-corrected chi connectivity index (χ0v) is 11.3. The van der Waals surface area contributed by atoms with E-state index in [1.54, 1.807) is 0 Å². The van der Waals surface area contributed by atoms with Crippen LogP contribution in [0.25, 0.3) is 0 Å². The van der Waals surface area contributed by atoms with E-state index in [1.807, 2.05) is 0 Å². The number of aliphatic carboxylic acids is 1. The lowest BCUT2D eigenvalue weighted by Crippen LogP contribution is -2.47. The van der Waals surface area contributed by atoms with Crippen molar-refractivity contribution in [1.82, 2.24) is 4.90 Å². The van der Waals surface area contributed by atoms with E-state index >= 15 is 0 Å². The second-order valence-electron chi connectivity index (χ2n) is 4.70. The van der Waals surface area contributed by atoms with Gasteiger partial charge in [-0.1, -0.05) is 40.0 Å².